The third-order valence-corrected chi connectivity index (χ3v) is 5.62. The Morgan fingerprint density at radius 3 is 2.18 bits per heavy atom. The van der Waals surface area contributed by atoms with E-state index in [1.54, 1.807) is 0 Å². The normalized spacial score (nSPS) is 23.6. The monoisotopic (exact) mass is 268 g/mol. The Morgan fingerprint density at radius 2 is 1.65 bits per heavy atom. The number of benzene rings is 1. The predicted octanol–water partition coefficient (Wildman–Crippen LogP) is 5.61. The van der Waals surface area contributed by atoms with Crippen LogP contribution in [0.1, 0.15) is 50.5 Å². The molecular formula is C15H18Cl2. The zero-order valence-corrected chi connectivity index (χ0v) is 11.5. The molecule has 0 nitrogen and oxygen atoms in total. The zero-order chi connectivity index (χ0) is 11.9. The summed E-state index contributed by atoms with van der Waals surface area (Å²) in [4.78, 5) is 0. The Kier molecular flexibility index (Phi) is 3.13. The average molecular weight is 269 g/mol. The minimum Gasteiger partial charge on any atom is -0.0827 e. The van der Waals surface area contributed by atoms with E-state index in [0.29, 0.717) is 15.5 Å². The zero-order valence-electron chi connectivity index (χ0n) is 10.0. The van der Waals surface area contributed by atoms with E-state index < -0.39 is 0 Å². The first-order valence-corrected chi connectivity index (χ1v) is 7.43. The highest BCUT2D eigenvalue weighted by molar-refractivity contribution is 6.42. The summed E-state index contributed by atoms with van der Waals surface area (Å²) in [6.45, 7) is 0. The molecule has 0 aliphatic heterocycles. The van der Waals surface area contributed by atoms with E-state index >= 15 is 0 Å². The molecule has 3 rings (SSSR count). The minimum absolute atomic E-state index is 0.435. The summed E-state index contributed by atoms with van der Waals surface area (Å²) in [5.41, 5.74) is 1.87. The summed E-state index contributed by atoms with van der Waals surface area (Å²) >= 11 is 12.2. The van der Waals surface area contributed by atoms with Gasteiger partial charge in [-0.1, -0.05) is 48.5 Å². The van der Waals surface area contributed by atoms with Gasteiger partial charge < -0.3 is 0 Å². The van der Waals surface area contributed by atoms with E-state index in [-0.39, 0.29) is 0 Å². The molecular weight excluding hydrogens is 251 g/mol. The van der Waals surface area contributed by atoms with Crippen LogP contribution in [0.2, 0.25) is 10.0 Å². The fraction of sp³-hybridized carbons (Fsp3) is 0.600. The van der Waals surface area contributed by atoms with Crippen molar-refractivity contribution in [3.8, 4) is 0 Å². The Balaban J connectivity index is 1.96. The standard InChI is InChI=1S/C15H18Cl2/c16-13-7-6-12(10-14(13)17)15(8-3-9-15)11-4-1-2-5-11/h6-7,10-11H,1-5,8-9H2. The van der Waals surface area contributed by atoms with Gasteiger partial charge >= 0.3 is 0 Å². The topological polar surface area (TPSA) is 0 Å². The maximum atomic E-state index is 6.18. The van der Waals surface area contributed by atoms with E-state index in [1.165, 1.54) is 50.5 Å². The summed E-state index contributed by atoms with van der Waals surface area (Å²) in [7, 11) is 0. The van der Waals surface area contributed by atoms with Crippen LogP contribution in [-0.2, 0) is 5.41 Å². The van der Waals surface area contributed by atoms with Gasteiger partial charge in [0.2, 0.25) is 0 Å². The van der Waals surface area contributed by atoms with Gasteiger partial charge in [0.05, 0.1) is 10.0 Å². The van der Waals surface area contributed by atoms with Gasteiger partial charge in [-0.05, 0) is 54.7 Å². The van der Waals surface area contributed by atoms with Crippen LogP contribution in [0.15, 0.2) is 18.2 Å². The Morgan fingerprint density at radius 1 is 0.941 bits per heavy atom. The molecule has 0 amide bonds. The molecule has 2 aliphatic rings. The largest absolute Gasteiger partial charge is 0.0827 e. The van der Waals surface area contributed by atoms with Crippen molar-refractivity contribution in [2.45, 2.75) is 50.4 Å². The molecule has 1 aromatic carbocycles. The number of rotatable bonds is 2. The van der Waals surface area contributed by atoms with E-state index in [9.17, 15) is 0 Å². The van der Waals surface area contributed by atoms with Gasteiger partial charge in [0.15, 0.2) is 0 Å². The summed E-state index contributed by atoms with van der Waals surface area (Å²) in [5, 5.41) is 1.39. The van der Waals surface area contributed by atoms with Crippen molar-refractivity contribution >= 4 is 23.2 Å². The molecule has 2 aliphatic carbocycles. The first-order chi connectivity index (χ1) is 8.22. The molecule has 17 heavy (non-hydrogen) atoms. The van der Waals surface area contributed by atoms with Crippen molar-refractivity contribution in [1.82, 2.24) is 0 Å². The average Bonchev–Trinajstić information content (AvgIpc) is 2.75. The summed E-state index contributed by atoms with van der Waals surface area (Å²) < 4.78 is 0. The van der Waals surface area contributed by atoms with Crippen LogP contribution >= 0.6 is 23.2 Å². The van der Waals surface area contributed by atoms with Crippen LogP contribution in [0.4, 0.5) is 0 Å². The van der Waals surface area contributed by atoms with E-state index in [0.717, 1.165) is 5.92 Å². The van der Waals surface area contributed by atoms with Crippen LogP contribution in [0.3, 0.4) is 0 Å². The highest BCUT2D eigenvalue weighted by Gasteiger charge is 2.45. The first-order valence-electron chi connectivity index (χ1n) is 6.68. The van der Waals surface area contributed by atoms with Gasteiger partial charge in [0, 0.05) is 0 Å². The minimum atomic E-state index is 0.435. The van der Waals surface area contributed by atoms with Crippen molar-refractivity contribution in [3.05, 3.63) is 33.8 Å². The molecule has 0 atom stereocenters. The Hall–Kier alpha value is -0.200. The van der Waals surface area contributed by atoms with Gasteiger partial charge in [-0.2, -0.15) is 0 Å². The molecule has 0 heterocycles. The summed E-state index contributed by atoms with van der Waals surface area (Å²) in [6.07, 6.45) is 9.68. The van der Waals surface area contributed by atoms with E-state index in [2.05, 4.69) is 12.1 Å². The third-order valence-electron chi connectivity index (χ3n) is 4.88. The van der Waals surface area contributed by atoms with Gasteiger partial charge in [0.1, 0.15) is 0 Å². The predicted molar refractivity (Wildman–Crippen MR) is 73.9 cm³/mol. The highest BCUT2D eigenvalue weighted by atomic mass is 35.5. The van der Waals surface area contributed by atoms with Crippen molar-refractivity contribution in [2.24, 2.45) is 5.92 Å². The maximum absolute atomic E-state index is 6.18. The molecule has 0 N–H and O–H groups in total. The molecule has 2 heteroatoms. The lowest BCUT2D eigenvalue weighted by Gasteiger charge is -2.47. The lowest BCUT2D eigenvalue weighted by atomic mass is 9.57. The number of hydrogen-bond donors (Lipinski definition) is 0. The fourth-order valence-corrected chi connectivity index (χ4v) is 4.07. The smallest absolute Gasteiger partial charge is 0.0595 e. The SMILES string of the molecule is Clc1ccc(C2(C3CCCC3)CCC2)cc1Cl. The van der Waals surface area contributed by atoms with Crippen LogP contribution in [-0.4, -0.2) is 0 Å². The van der Waals surface area contributed by atoms with E-state index in [1.807, 2.05) is 6.07 Å². The van der Waals surface area contributed by atoms with Crippen molar-refractivity contribution in [1.29, 1.82) is 0 Å². The van der Waals surface area contributed by atoms with Crippen LogP contribution in [0.5, 0.6) is 0 Å². The molecule has 2 fully saturated rings. The fourth-order valence-electron chi connectivity index (χ4n) is 3.77. The molecule has 0 bridgehead atoms. The van der Waals surface area contributed by atoms with Gasteiger partial charge in [-0.3, -0.25) is 0 Å². The molecule has 0 aromatic heterocycles. The second-order valence-corrected chi connectivity index (χ2v) is 6.43. The molecule has 0 radical (unpaired) electrons. The van der Waals surface area contributed by atoms with Gasteiger partial charge in [-0.15, -0.1) is 0 Å². The summed E-state index contributed by atoms with van der Waals surface area (Å²) in [5.74, 6) is 0.883. The molecule has 2 saturated carbocycles. The van der Waals surface area contributed by atoms with Crippen LogP contribution in [0.25, 0.3) is 0 Å². The maximum Gasteiger partial charge on any atom is 0.0595 e. The van der Waals surface area contributed by atoms with Crippen LogP contribution in [0, 0.1) is 5.92 Å². The molecule has 0 unspecified atom stereocenters. The number of hydrogen-bond acceptors (Lipinski definition) is 0. The van der Waals surface area contributed by atoms with Crippen LogP contribution < -0.4 is 0 Å². The van der Waals surface area contributed by atoms with Crippen molar-refractivity contribution in [2.75, 3.05) is 0 Å². The third kappa shape index (κ3) is 1.90. The van der Waals surface area contributed by atoms with Crippen molar-refractivity contribution < 1.29 is 0 Å². The number of halogens is 2. The summed E-state index contributed by atoms with van der Waals surface area (Å²) in [6, 6.07) is 6.28. The molecule has 0 saturated heterocycles. The van der Waals surface area contributed by atoms with Crippen molar-refractivity contribution in [3.63, 3.8) is 0 Å². The van der Waals surface area contributed by atoms with Gasteiger partial charge in [-0.25, -0.2) is 0 Å². The second-order valence-electron chi connectivity index (χ2n) is 5.62. The first kappa shape index (κ1) is 11.9. The van der Waals surface area contributed by atoms with E-state index in [4.69, 9.17) is 23.2 Å². The lowest BCUT2D eigenvalue weighted by Crippen LogP contribution is -2.40. The Labute approximate surface area is 113 Å². The quantitative estimate of drug-likeness (QED) is 0.655. The van der Waals surface area contributed by atoms with Gasteiger partial charge in [0.25, 0.3) is 0 Å². The molecule has 0 spiro atoms. The molecule has 92 valence electrons. The molecule has 1 aromatic rings. The second kappa shape index (κ2) is 4.48. The lowest BCUT2D eigenvalue weighted by molar-refractivity contribution is 0.148. The highest BCUT2D eigenvalue weighted by Crippen LogP contribution is 2.54. The Bertz CT molecular complexity index is 415.